The van der Waals surface area contributed by atoms with Gasteiger partial charge in [-0.1, -0.05) is 24.3 Å². The van der Waals surface area contributed by atoms with E-state index in [4.69, 9.17) is 10.8 Å². The van der Waals surface area contributed by atoms with Crippen LogP contribution in [0, 0.1) is 0 Å². The van der Waals surface area contributed by atoms with Gasteiger partial charge in [-0.2, -0.15) is 5.21 Å². The molecule has 0 saturated heterocycles. The Labute approximate surface area is 103 Å². The number of rotatable bonds is 4. The van der Waals surface area contributed by atoms with Crippen LogP contribution in [0.1, 0.15) is 12.5 Å². The molecule has 94 valence electrons. The van der Waals surface area contributed by atoms with Crippen LogP contribution in [0.25, 0.3) is 11.4 Å². The van der Waals surface area contributed by atoms with Crippen molar-refractivity contribution in [3.63, 3.8) is 0 Å². The molecule has 1 heterocycles. The molecule has 1 aromatic heterocycles. The van der Waals surface area contributed by atoms with E-state index < -0.39 is 11.5 Å². The molecule has 7 nitrogen and oxygen atoms in total. The molecule has 1 aromatic carbocycles. The number of benzene rings is 1. The third kappa shape index (κ3) is 2.51. The van der Waals surface area contributed by atoms with E-state index in [1.165, 1.54) is 6.92 Å². The fraction of sp³-hybridized carbons (Fsp3) is 0.273. The van der Waals surface area contributed by atoms with Crippen molar-refractivity contribution in [2.45, 2.75) is 18.9 Å². The molecular formula is C11H13N5O2. The van der Waals surface area contributed by atoms with Gasteiger partial charge in [0.2, 0.25) is 5.82 Å². The molecule has 0 fully saturated rings. The standard InChI is InChI=1S/C11H13N5O2/c1-11(12,10(17)18)6-7-2-4-8(5-3-7)9-13-15-16-14-9/h2-5H,6,12H2,1H3,(H,17,18)(H,13,14,15,16). The molecule has 7 heteroatoms. The maximum absolute atomic E-state index is 10.9. The summed E-state index contributed by atoms with van der Waals surface area (Å²) in [5.41, 5.74) is 6.06. The topological polar surface area (TPSA) is 118 Å². The van der Waals surface area contributed by atoms with Gasteiger partial charge in [0.05, 0.1) is 0 Å². The highest BCUT2D eigenvalue weighted by molar-refractivity contribution is 5.78. The van der Waals surface area contributed by atoms with Gasteiger partial charge in [0.15, 0.2) is 0 Å². The van der Waals surface area contributed by atoms with Crippen LogP contribution in [0.15, 0.2) is 24.3 Å². The number of hydrogen-bond donors (Lipinski definition) is 3. The zero-order chi connectivity index (χ0) is 13.2. The van der Waals surface area contributed by atoms with Crippen LogP contribution < -0.4 is 5.73 Å². The fourth-order valence-electron chi connectivity index (χ4n) is 1.56. The van der Waals surface area contributed by atoms with Crippen molar-refractivity contribution in [3.8, 4) is 11.4 Å². The third-order valence-corrected chi connectivity index (χ3v) is 2.62. The molecule has 0 amide bonds. The predicted molar refractivity (Wildman–Crippen MR) is 63.5 cm³/mol. The molecule has 0 spiro atoms. The molecule has 0 saturated carbocycles. The Bertz CT molecular complexity index is 533. The van der Waals surface area contributed by atoms with Crippen LogP contribution in [0.4, 0.5) is 0 Å². The largest absolute Gasteiger partial charge is 0.480 e. The summed E-state index contributed by atoms with van der Waals surface area (Å²) in [6.45, 7) is 1.49. The van der Waals surface area contributed by atoms with Gasteiger partial charge in [0.25, 0.3) is 0 Å². The maximum Gasteiger partial charge on any atom is 0.323 e. The van der Waals surface area contributed by atoms with Gasteiger partial charge >= 0.3 is 5.97 Å². The first-order chi connectivity index (χ1) is 8.49. The Kier molecular flexibility index (Phi) is 3.07. The average Bonchev–Trinajstić information content (AvgIpc) is 2.83. The smallest absolute Gasteiger partial charge is 0.323 e. The zero-order valence-electron chi connectivity index (χ0n) is 9.79. The Balaban J connectivity index is 2.16. The average molecular weight is 247 g/mol. The minimum absolute atomic E-state index is 0.259. The number of carbonyl (C=O) groups is 1. The van der Waals surface area contributed by atoms with E-state index in [1.54, 1.807) is 24.3 Å². The van der Waals surface area contributed by atoms with Crippen LogP contribution in [0.2, 0.25) is 0 Å². The summed E-state index contributed by atoms with van der Waals surface area (Å²) < 4.78 is 0. The van der Waals surface area contributed by atoms with Gasteiger partial charge in [-0.15, -0.1) is 10.2 Å². The number of nitrogens with one attached hydrogen (secondary N) is 1. The molecule has 1 atom stereocenters. The van der Waals surface area contributed by atoms with E-state index in [2.05, 4.69) is 20.6 Å². The van der Waals surface area contributed by atoms with Crippen molar-refractivity contribution >= 4 is 5.97 Å². The molecular weight excluding hydrogens is 234 g/mol. The summed E-state index contributed by atoms with van der Waals surface area (Å²) in [4.78, 5) is 10.9. The first kappa shape index (κ1) is 12.2. The summed E-state index contributed by atoms with van der Waals surface area (Å²) in [5.74, 6) is -0.528. The number of H-pyrrole nitrogens is 1. The maximum atomic E-state index is 10.9. The van der Waals surface area contributed by atoms with Crippen molar-refractivity contribution in [1.82, 2.24) is 20.6 Å². The molecule has 2 aromatic rings. The highest BCUT2D eigenvalue weighted by Gasteiger charge is 2.27. The monoisotopic (exact) mass is 247 g/mol. The lowest BCUT2D eigenvalue weighted by Gasteiger charge is -2.18. The lowest BCUT2D eigenvalue weighted by molar-refractivity contribution is -0.142. The lowest BCUT2D eigenvalue weighted by atomic mass is 9.93. The van der Waals surface area contributed by atoms with E-state index in [1.807, 2.05) is 0 Å². The Morgan fingerprint density at radius 2 is 2.11 bits per heavy atom. The SMILES string of the molecule is CC(N)(Cc1ccc(-c2nn[nH]n2)cc1)C(=O)O. The fourth-order valence-corrected chi connectivity index (χ4v) is 1.56. The minimum Gasteiger partial charge on any atom is -0.480 e. The van der Waals surface area contributed by atoms with Gasteiger partial charge in [0, 0.05) is 12.0 Å². The zero-order valence-corrected chi connectivity index (χ0v) is 9.79. The van der Waals surface area contributed by atoms with Crippen molar-refractivity contribution in [2.75, 3.05) is 0 Å². The highest BCUT2D eigenvalue weighted by Crippen LogP contribution is 2.17. The first-order valence-corrected chi connectivity index (χ1v) is 5.34. The number of aromatic nitrogens is 4. The Morgan fingerprint density at radius 3 is 2.61 bits per heavy atom. The van der Waals surface area contributed by atoms with Crippen molar-refractivity contribution in [1.29, 1.82) is 0 Å². The Hall–Kier alpha value is -2.28. The summed E-state index contributed by atoms with van der Waals surface area (Å²) in [5, 5.41) is 22.5. The summed E-state index contributed by atoms with van der Waals surface area (Å²) >= 11 is 0. The van der Waals surface area contributed by atoms with Gasteiger partial charge < -0.3 is 10.8 Å². The first-order valence-electron chi connectivity index (χ1n) is 5.34. The molecule has 0 aliphatic heterocycles. The number of carboxylic acid groups (broad SMARTS) is 1. The lowest BCUT2D eigenvalue weighted by Crippen LogP contribution is -2.46. The molecule has 0 aliphatic carbocycles. The molecule has 2 rings (SSSR count). The van der Waals surface area contributed by atoms with Gasteiger partial charge in [-0.25, -0.2) is 0 Å². The second-order valence-corrected chi connectivity index (χ2v) is 4.33. The molecule has 4 N–H and O–H groups in total. The van der Waals surface area contributed by atoms with Crippen LogP contribution in [-0.2, 0) is 11.2 Å². The number of tetrazole rings is 1. The van der Waals surface area contributed by atoms with Crippen LogP contribution in [-0.4, -0.2) is 37.2 Å². The van der Waals surface area contributed by atoms with E-state index in [9.17, 15) is 4.79 Å². The number of aromatic amines is 1. The molecule has 0 bridgehead atoms. The highest BCUT2D eigenvalue weighted by atomic mass is 16.4. The van der Waals surface area contributed by atoms with Crippen molar-refractivity contribution in [2.24, 2.45) is 5.73 Å². The second-order valence-electron chi connectivity index (χ2n) is 4.33. The van der Waals surface area contributed by atoms with Gasteiger partial charge in [0.1, 0.15) is 5.54 Å². The van der Waals surface area contributed by atoms with Crippen molar-refractivity contribution < 1.29 is 9.90 Å². The van der Waals surface area contributed by atoms with E-state index in [-0.39, 0.29) is 6.42 Å². The third-order valence-electron chi connectivity index (χ3n) is 2.62. The normalized spacial score (nSPS) is 14.1. The summed E-state index contributed by atoms with van der Waals surface area (Å²) in [6.07, 6.45) is 0.259. The quantitative estimate of drug-likeness (QED) is 0.710. The Morgan fingerprint density at radius 1 is 1.44 bits per heavy atom. The molecule has 0 radical (unpaired) electrons. The van der Waals surface area contributed by atoms with E-state index >= 15 is 0 Å². The second kappa shape index (κ2) is 4.53. The van der Waals surface area contributed by atoms with Crippen LogP contribution in [0.5, 0.6) is 0 Å². The predicted octanol–water partition coefficient (Wildman–Crippen LogP) is 0.211. The van der Waals surface area contributed by atoms with Gasteiger partial charge in [-0.05, 0) is 17.7 Å². The number of nitrogens with zero attached hydrogens (tertiary/aromatic N) is 3. The van der Waals surface area contributed by atoms with Crippen LogP contribution in [0.3, 0.4) is 0 Å². The van der Waals surface area contributed by atoms with Crippen LogP contribution >= 0.6 is 0 Å². The van der Waals surface area contributed by atoms with Gasteiger partial charge in [-0.3, -0.25) is 4.79 Å². The summed E-state index contributed by atoms with van der Waals surface area (Å²) in [6, 6.07) is 7.22. The number of hydrogen-bond acceptors (Lipinski definition) is 5. The van der Waals surface area contributed by atoms with Crippen molar-refractivity contribution in [3.05, 3.63) is 29.8 Å². The van der Waals surface area contributed by atoms with E-state index in [0.29, 0.717) is 5.82 Å². The van der Waals surface area contributed by atoms with E-state index in [0.717, 1.165) is 11.1 Å². The molecule has 18 heavy (non-hydrogen) atoms. The number of carboxylic acids is 1. The molecule has 1 unspecified atom stereocenters. The minimum atomic E-state index is -1.27. The number of aliphatic carboxylic acids is 1. The number of nitrogens with two attached hydrogens (primary N) is 1. The molecule has 0 aliphatic rings. The summed E-state index contributed by atoms with van der Waals surface area (Å²) in [7, 11) is 0.